The zero-order valence-corrected chi connectivity index (χ0v) is 16.4. The lowest BCUT2D eigenvalue weighted by molar-refractivity contribution is -0.153. The fourth-order valence-electron chi connectivity index (χ4n) is 2.08. The van der Waals surface area contributed by atoms with Gasteiger partial charge in [0.25, 0.3) is 0 Å². The van der Waals surface area contributed by atoms with Crippen molar-refractivity contribution in [3.8, 4) is 0 Å². The van der Waals surface area contributed by atoms with Crippen LogP contribution in [-0.2, 0) is 32.7 Å². The summed E-state index contributed by atoms with van der Waals surface area (Å²) in [5.41, 5.74) is 0. The molecule has 0 amide bonds. The molecule has 27 heavy (non-hydrogen) atoms. The summed E-state index contributed by atoms with van der Waals surface area (Å²) >= 11 is 0. The van der Waals surface area contributed by atoms with Crippen molar-refractivity contribution in [1.82, 2.24) is 0 Å². The molecule has 0 radical (unpaired) electrons. The molecule has 0 fully saturated rings. The van der Waals surface area contributed by atoms with E-state index in [1.807, 2.05) is 0 Å². The SMILES string of the molecule is C=CCOC(=O)CC(CC=C)(C(=O)OCC=C)P(=O)(OCC=C)OCC=C. The van der Waals surface area contributed by atoms with Crippen LogP contribution in [0.15, 0.2) is 63.3 Å². The number of allylic oxidation sites excluding steroid dienone is 1. The zero-order chi connectivity index (χ0) is 20.8. The van der Waals surface area contributed by atoms with Gasteiger partial charge in [-0.15, -0.1) is 19.7 Å². The zero-order valence-electron chi connectivity index (χ0n) is 15.5. The molecule has 0 saturated heterocycles. The Morgan fingerprint density at radius 2 is 1.26 bits per heavy atom. The van der Waals surface area contributed by atoms with E-state index in [4.69, 9.17) is 18.5 Å². The third kappa shape index (κ3) is 7.13. The van der Waals surface area contributed by atoms with Gasteiger partial charge in [-0.05, 0) is 6.42 Å². The smallest absolute Gasteiger partial charge is 0.349 e. The van der Waals surface area contributed by atoms with E-state index < -0.39 is 31.1 Å². The molecule has 0 bridgehead atoms. The molecule has 0 aromatic rings. The van der Waals surface area contributed by atoms with Crippen LogP contribution in [0.3, 0.4) is 0 Å². The van der Waals surface area contributed by atoms with E-state index in [0.717, 1.165) is 0 Å². The van der Waals surface area contributed by atoms with Crippen molar-refractivity contribution in [3.63, 3.8) is 0 Å². The van der Waals surface area contributed by atoms with Crippen LogP contribution in [0.5, 0.6) is 0 Å². The summed E-state index contributed by atoms with van der Waals surface area (Å²) in [5, 5.41) is -1.98. The minimum absolute atomic E-state index is 0.0734. The second-order valence-electron chi connectivity index (χ2n) is 5.23. The number of ether oxygens (including phenoxy) is 2. The Labute approximate surface area is 160 Å². The van der Waals surface area contributed by atoms with Gasteiger partial charge >= 0.3 is 19.5 Å². The Hall–Kier alpha value is -2.21. The molecule has 7 nitrogen and oxygen atoms in total. The molecule has 0 rings (SSSR count). The number of carbonyl (C=O) groups is 2. The summed E-state index contributed by atoms with van der Waals surface area (Å²) in [6.07, 6.45) is 5.91. The fourth-order valence-corrected chi connectivity index (χ4v) is 4.22. The van der Waals surface area contributed by atoms with Crippen molar-refractivity contribution in [2.45, 2.75) is 18.0 Å². The van der Waals surface area contributed by atoms with Crippen molar-refractivity contribution in [1.29, 1.82) is 0 Å². The van der Waals surface area contributed by atoms with Crippen LogP contribution in [0.1, 0.15) is 12.8 Å². The lowest BCUT2D eigenvalue weighted by atomic mass is 10.0. The van der Waals surface area contributed by atoms with Gasteiger partial charge in [0.2, 0.25) is 0 Å². The fraction of sp³-hybridized carbons (Fsp3) is 0.368. The molecule has 0 aromatic carbocycles. The average Bonchev–Trinajstić information content (AvgIpc) is 2.66. The summed E-state index contributed by atoms with van der Waals surface area (Å²) in [6, 6.07) is 0. The molecule has 0 aliphatic carbocycles. The number of carbonyl (C=O) groups excluding carboxylic acids is 2. The van der Waals surface area contributed by atoms with Gasteiger partial charge in [0.05, 0.1) is 19.6 Å². The minimum atomic E-state index is -4.24. The van der Waals surface area contributed by atoms with Gasteiger partial charge in [0.1, 0.15) is 13.2 Å². The van der Waals surface area contributed by atoms with E-state index in [1.54, 1.807) is 0 Å². The lowest BCUT2D eigenvalue weighted by Crippen LogP contribution is -2.43. The maximum absolute atomic E-state index is 13.6. The molecule has 0 heterocycles. The normalized spacial score (nSPS) is 12.9. The number of rotatable bonds is 16. The predicted octanol–water partition coefficient (Wildman–Crippen LogP) is 3.75. The van der Waals surface area contributed by atoms with Crippen LogP contribution >= 0.6 is 7.60 Å². The summed E-state index contributed by atoms with van der Waals surface area (Å²) in [7, 11) is -4.24. The Bertz CT molecular complexity index is 595. The monoisotopic (exact) mass is 398 g/mol. The number of esters is 2. The van der Waals surface area contributed by atoms with Gasteiger partial charge < -0.3 is 18.5 Å². The highest BCUT2D eigenvalue weighted by molar-refractivity contribution is 7.56. The first-order valence-corrected chi connectivity index (χ1v) is 9.68. The number of hydrogen-bond acceptors (Lipinski definition) is 7. The maximum Gasteiger partial charge on any atom is 0.349 e. The molecule has 0 N–H and O–H groups in total. The standard InChI is InChI=1S/C19H27O7P/c1-6-11-19(18(21)24-13-8-3,16-17(20)23-12-7-2)27(22,25-14-9-4)26-15-10-5/h6-10H,1-5,11-16H2. The molecule has 150 valence electrons. The van der Waals surface area contributed by atoms with Crippen molar-refractivity contribution < 1.29 is 32.7 Å². The predicted molar refractivity (Wildman–Crippen MR) is 104 cm³/mol. The van der Waals surface area contributed by atoms with Crippen LogP contribution < -0.4 is 0 Å². The van der Waals surface area contributed by atoms with Crippen LogP contribution in [0.4, 0.5) is 0 Å². The molecule has 0 aromatic heterocycles. The largest absolute Gasteiger partial charge is 0.461 e. The molecular formula is C19H27O7P. The van der Waals surface area contributed by atoms with Crippen LogP contribution in [0.2, 0.25) is 0 Å². The minimum Gasteiger partial charge on any atom is -0.461 e. The van der Waals surface area contributed by atoms with Gasteiger partial charge in [0, 0.05) is 0 Å². The molecule has 0 aliphatic rings. The van der Waals surface area contributed by atoms with Gasteiger partial charge in [0.15, 0.2) is 5.16 Å². The second-order valence-corrected chi connectivity index (χ2v) is 7.59. The topological polar surface area (TPSA) is 88.1 Å². The molecule has 1 unspecified atom stereocenters. The first-order valence-electron chi connectivity index (χ1n) is 8.14. The summed E-state index contributed by atoms with van der Waals surface area (Å²) < 4.78 is 34.4. The maximum atomic E-state index is 13.6. The quantitative estimate of drug-likeness (QED) is 0.222. The highest BCUT2D eigenvalue weighted by Crippen LogP contribution is 2.64. The first-order chi connectivity index (χ1) is 12.9. The van der Waals surface area contributed by atoms with E-state index in [9.17, 15) is 14.2 Å². The molecule has 0 aliphatic heterocycles. The van der Waals surface area contributed by atoms with Crippen molar-refractivity contribution >= 4 is 19.5 Å². The Balaban J connectivity index is 6.21. The molecule has 8 heteroatoms. The molecule has 0 saturated carbocycles. The summed E-state index contributed by atoms with van der Waals surface area (Å²) in [5.74, 6) is -1.74. The van der Waals surface area contributed by atoms with Gasteiger partial charge in [-0.1, -0.05) is 43.5 Å². The van der Waals surface area contributed by atoms with Crippen molar-refractivity contribution in [2.24, 2.45) is 0 Å². The summed E-state index contributed by atoms with van der Waals surface area (Å²) in [6.45, 7) is 16.9. The van der Waals surface area contributed by atoms with Gasteiger partial charge in [-0.3, -0.25) is 14.2 Å². The highest BCUT2D eigenvalue weighted by atomic mass is 31.2. The van der Waals surface area contributed by atoms with Gasteiger partial charge in [-0.25, -0.2) is 0 Å². The summed E-state index contributed by atoms with van der Waals surface area (Å²) in [4.78, 5) is 25.1. The van der Waals surface area contributed by atoms with Crippen molar-refractivity contribution in [2.75, 3.05) is 26.4 Å². The molecule has 1 atom stereocenters. The van der Waals surface area contributed by atoms with E-state index in [0.29, 0.717) is 0 Å². The third-order valence-corrected chi connectivity index (χ3v) is 5.79. The van der Waals surface area contributed by atoms with Crippen LogP contribution in [0.25, 0.3) is 0 Å². The van der Waals surface area contributed by atoms with E-state index in [-0.39, 0.29) is 32.8 Å². The lowest BCUT2D eigenvalue weighted by Gasteiger charge is -2.35. The first kappa shape index (κ1) is 24.8. The third-order valence-electron chi connectivity index (χ3n) is 3.24. The second kappa shape index (κ2) is 13.0. The van der Waals surface area contributed by atoms with E-state index in [2.05, 4.69) is 32.9 Å². The van der Waals surface area contributed by atoms with Gasteiger partial charge in [-0.2, -0.15) is 0 Å². The highest BCUT2D eigenvalue weighted by Gasteiger charge is 2.59. The Morgan fingerprint density at radius 3 is 1.70 bits per heavy atom. The van der Waals surface area contributed by atoms with E-state index in [1.165, 1.54) is 30.4 Å². The van der Waals surface area contributed by atoms with Crippen LogP contribution in [-0.4, -0.2) is 43.5 Å². The molecule has 0 spiro atoms. The van der Waals surface area contributed by atoms with Crippen molar-refractivity contribution in [3.05, 3.63) is 63.3 Å². The van der Waals surface area contributed by atoms with Crippen LogP contribution in [0, 0.1) is 0 Å². The molecular weight excluding hydrogens is 371 g/mol. The Morgan fingerprint density at radius 1 is 0.778 bits per heavy atom. The van der Waals surface area contributed by atoms with E-state index >= 15 is 0 Å². The number of hydrogen-bond donors (Lipinski definition) is 0. The average molecular weight is 398 g/mol. The Kier molecular flexibility index (Phi) is 12.0.